The molecule has 1 aromatic carbocycles. The summed E-state index contributed by atoms with van der Waals surface area (Å²) < 4.78 is 38.7. The predicted octanol–water partition coefficient (Wildman–Crippen LogP) is 2.81. The summed E-state index contributed by atoms with van der Waals surface area (Å²) >= 11 is 0. The van der Waals surface area contributed by atoms with Crippen molar-refractivity contribution in [3.8, 4) is 0 Å². The standard InChI is InChI=1S/C20H30F3N5.HI/c1-16(20(21,22)23)27-11-13-28(14-12-27)19(24-2)25-8-10-26-9-7-17-5-3-4-6-18(17)15-26;/h3-6,16H,7-15H2,1-2H3,(H,24,25);1H. The lowest BCUT2D eigenvalue weighted by atomic mass is 10.00. The van der Waals surface area contributed by atoms with Crippen molar-refractivity contribution in [2.45, 2.75) is 32.1 Å². The van der Waals surface area contributed by atoms with E-state index in [2.05, 4.69) is 39.5 Å². The van der Waals surface area contributed by atoms with Crippen LogP contribution in [0.2, 0.25) is 0 Å². The van der Waals surface area contributed by atoms with E-state index in [1.807, 2.05) is 4.90 Å². The first-order valence-corrected chi connectivity index (χ1v) is 9.94. The summed E-state index contributed by atoms with van der Waals surface area (Å²) in [5.41, 5.74) is 2.83. The highest BCUT2D eigenvalue weighted by Gasteiger charge is 2.41. The number of halogens is 4. The van der Waals surface area contributed by atoms with Crippen molar-refractivity contribution in [2.75, 3.05) is 52.9 Å². The van der Waals surface area contributed by atoms with E-state index in [0.717, 1.165) is 38.6 Å². The average molecular weight is 525 g/mol. The number of aliphatic imine (C=N–C) groups is 1. The second kappa shape index (κ2) is 10.8. The number of benzene rings is 1. The molecule has 0 spiro atoms. The first-order chi connectivity index (χ1) is 13.4. The maximum atomic E-state index is 12.9. The Bertz CT molecular complexity index is 674. The quantitative estimate of drug-likeness (QED) is 0.373. The zero-order chi connectivity index (χ0) is 20.1. The van der Waals surface area contributed by atoms with Crippen LogP contribution in [0.25, 0.3) is 0 Å². The third-order valence-corrected chi connectivity index (χ3v) is 5.77. The molecule has 3 rings (SSSR count). The third-order valence-electron chi connectivity index (χ3n) is 5.77. The molecular weight excluding hydrogens is 494 g/mol. The summed E-state index contributed by atoms with van der Waals surface area (Å²) in [5, 5.41) is 3.38. The van der Waals surface area contributed by atoms with Gasteiger partial charge >= 0.3 is 6.18 Å². The molecule has 9 heteroatoms. The zero-order valence-corrected chi connectivity index (χ0v) is 19.4. The summed E-state index contributed by atoms with van der Waals surface area (Å²) in [6, 6.07) is 7.17. The van der Waals surface area contributed by atoms with E-state index >= 15 is 0 Å². The van der Waals surface area contributed by atoms with E-state index in [-0.39, 0.29) is 24.0 Å². The van der Waals surface area contributed by atoms with Crippen molar-refractivity contribution in [3.05, 3.63) is 35.4 Å². The fraction of sp³-hybridized carbons (Fsp3) is 0.650. The van der Waals surface area contributed by atoms with E-state index in [4.69, 9.17) is 0 Å². The molecule has 1 saturated heterocycles. The lowest BCUT2D eigenvalue weighted by molar-refractivity contribution is -0.181. The topological polar surface area (TPSA) is 34.1 Å². The van der Waals surface area contributed by atoms with Gasteiger partial charge in [0.2, 0.25) is 0 Å². The van der Waals surface area contributed by atoms with Gasteiger partial charge in [0.15, 0.2) is 5.96 Å². The second-order valence-corrected chi connectivity index (χ2v) is 7.51. The molecule has 5 nitrogen and oxygen atoms in total. The average Bonchev–Trinajstić information content (AvgIpc) is 2.70. The number of alkyl halides is 3. The molecular formula is C20H31F3IN5. The fourth-order valence-electron chi connectivity index (χ4n) is 3.93. The molecule has 1 N–H and O–H groups in total. The van der Waals surface area contributed by atoms with Gasteiger partial charge in [-0.25, -0.2) is 0 Å². The Kier molecular flexibility index (Phi) is 9.02. The maximum absolute atomic E-state index is 12.9. The summed E-state index contributed by atoms with van der Waals surface area (Å²) in [6.45, 7) is 6.82. The van der Waals surface area contributed by atoms with Crippen molar-refractivity contribution in [1.82, 2.24) is 20.0 Å². The molecule has 0 radical (unpaired) electrons. The summed E-state index contributed by atoms with van der Waals surface area (Å²) in [4.78, 5) is 10.3. The zero-order valence-electron chi connectivity index (χ0n) is 17.1. The molecule has 1 fully saturated rings. The van der Waals surface area contributed by atoms with Gasteiger partial charge in [0.1, 0.15) is 6.04 Å². The number of fused-ring (bicyclic) bond motifs is 1. The highest BCUT2D eigenvalue weighted by Crippen LogP contribution is 2.25. The van der Waals surface area contributed by atoms with Crippen molar-refractivity contribution < 1.29 is 13.2 Å². The Morgan fingerprint density at radius 2 is 1.76 bits per heavy atom. The number of hydrogen-bond acceptors (Lipinski definition) is 3. The lowest BCUT2D eigenvalue weighted by Crippen LogP contribution is -2.57. The molecule has 1 atom stereocenters. The molecule has 2 aliphatic rings. The van der Waals surface area contributed by atoms with Crippen LogP contribution < -0.4 is 5.32 Å². The minimum Gasteiger partial charge on any atom is -0.355 e. The van der Waals surface area contributed by atoms with Crippen LogP contribution in [-0.4, -0.2) is 85.7 Å². The van der Waals surface area contributed by atoms with Crippen LogP contribution in [0.5, 0.6) is 0 Å². The van der Waals surface area contributed by atoms with Gasteiger partial charge in [-0.3, -0.25) is 14.8 Å². The van der Waals surface area contributed by atoms with Crippen molar-refractivity contribution in [2.24, 2.45) is 4.99 Å². The highest BCUT2D eigenvalue weighted by atomic mass is 127. The first kappa shape index (κ1) is 24.2. The van der Waals surface area contributed by atoms with Crippen molar-refractivity contribution in [3.63, 3.8) is 0 Å². The normalized spacial score (nSPS) is 20.0. The number of nitrogens with zero attached hydrogens (tertiary/aromatic N) is 4. The fourth-order valence-corrected chi connectivity index (χ4v) is 3.93. The first-order valence-electron chi connectivity index (χ1n) is 9.94. The molecule has 1 unspecified atom stereocenters. The minimum absolute atomic E-state index is 0. The van der Waals surface area contributed by atoms with Crippen LogP contribution in [0.1, 0.15) is 18.1 Å². The van der Waals surface area contributed by atoms with Crippen molar-refractivity contribution >= 4 is 29.9 Å². The Labute approximate surface area is 188 Å². The van der Waals surface area contributed by atoms with Gasteiger partial charge in [0.25, 0.3) is 0 Å². The summed E-state index contributed by atoms with van der Waals surface area (Å²) in [5.74, 6) is 0.775. The van der Waals surface area contributed by atoms with Gasteiger partial charge < -0.3 is 10.2 Å². The van der Waals surface area contributed by atoms with Crippen molar-refractivity contribution in [1.29, 1.82) is 0 Å². The van der Waals surface area contributed by atoms with Crippen LogP contribution in [0.3, 0.4) is 0 Å². The number of piperazine rings is 1. The molecule has 164 valence electrons. The molecule has 2 aliphatic heterocycles. The smallest absolute Gasteiger partial charge is 0.355 e. The molecule has 0 amide bonds. The van der Waals surface area contributed by atoms with Gasteiger partial charge in [0, 0.05) is 59.4 Å². The van der Waals surface area contributed by atoms with Crippen LogP contribution in [0, 0.1) is 0 Å². The summed E-state index contributed by atoms with van der Waals surface area (Å²) in [6.07, 6.45) is -3.10. The predicted molar refractivity (Wildman–Crippen MR) is 121 cm³/mol. The minimum atomic E-state index is -4.17. The van der Waals surface area contributed by atoms with E-state index in [1.54, 1.807) is 7.05 Å². The van der Waals surface area contributed by atoms with E-state index in [9.17, 15) is 13.2 Å². The monoisotopic (exact) mass is 525 g/mol. The molecule has 0 bridgehead atoms. The van der Waals surface area contributed by atoms with Gasteiger partial charge in [-0.1, -0.05) is 24.3 Å². The van der Waals surface area contributed by atoms with Gasteiger partial charge in [0.05, 0.1) is 0 Å². The largest absolute Gasteiger partial charge is 0.403 e. The maximum Gasteiger partial charge on any atom is 0.403 e. The third kappa shape index (κ3) is 6.45. The van der Waals surface area contributed by atoms with E-state index in [0.29, 0.717) is 26.2 Å². The Morgan fingerprint density at radius 1 is 1.10 bits per heavy atom. The number of rotatable bonds is 4. The van der Waals surface area contributed by atoms with Crippen LogP contribution in [0.4, 0.5) is 13.2 Å². The molecule has 0 aromatic heterocycles. The molecule has 0 aliphatic carbocycles. The molecule has 2 heterocycles. The Morgan fingerprint density at radius 3 is 2.38 bits per heavy atom. The second-order valence-electron chi connectivity index (χ2n) is 7.51. The van der Waals surface area contributed by atoms with Gasteiger partial charge in [-0.15, -0.1) is 24.0 Å². The van der Waals surface area contributed by atoms with E-state index < -0.39 is 12.2 Å². The molecule has 1 aromatic rings. The van der Waals surface area contributed by atoms with E-state index in [1.165, 1.54) is 23.0 Å². The number of hydrogen-bond donors (Lipinski definition) is 1. The molecule has 29 heavy (non-hydrogen) atoms. The van der Waals surface area contributed by atoms with Crippen LogP contribution in [-0.2, 0) is 13.0 Å². The van der Waals surface area contributed by atoms with Gasteiger partial charge in [-0.05, 0) is 24.5 Å². The van der Waals surface area contributed by atoms with Gasteiger partial charge in [-0.2, -0.15) is 13.2 Å². The van der Waals surface area contributed by atoms with Crippen LogP contribution in [0.15, 0.2) is 29.3 Å². The SMILES string of the molecule is CN=C(NCCN1CCc2ccccc2C1)N1CCN(C(C)C(F)(F)F)CC1.I. The highest BCUT2D eigenvalue weighted by molar-refractivity contribution is 14.0. The Hall–Kier alpha value is -1.07. The number of guanidine groups is 1. The summed E-state index contributed by atoms with van der Waals surface area (Å²) in [7, 11) is 1.73. The Balaban J connectivity index is 0.00000300. The molecule has 0 saturated carbocycles. The lowest BCUT2D eigenvalue weighted by Gasteiger charge is -2.39. The number of nitrogens with one attached hydrogen (secondary N) is 1. The van der Waals surface area contributed by atoms with Crippen LogP contribution >= 0.6 is 24.0 Å².